The summed E-state index contributed by atoms with van der Waals surface area (Å²) in [5.41, 5.74) is 1.46. The fraction of sp³-hybridized carbons (Fsp3) is 0.368. The highest BCUT2D eigenvalue weighted by Crippen LogP contribution is 2.17. The molecule has 1 aromatic carbocycles. The first-order valence-electron chi connectivity index (χ1n) is 8.25. The number of carbonyl (C=O) groups excluding carboxylic acids is 1. The van der Waals surface area contributed by atoms with E-state index in [1.54, 1.807) is 24.2 Å². The summed E-state index contributed by atoms with van der Waals surface area (Å²) in [5, 5.41) is 0. The summed E-state index contributed by atoms with van der Waals surface area (Å²) in [6.07, 6.45) is 3.45. The summed E-state index contributed by atoms with van der Waals surface area (Å²) < 4.78 is 7.41. The monoisotopic (exact) mass is 326 g/mol. The highest BCUT2D eigenvalue weighted by atomic mass is 16.5. The minimum Gasteiger partial charge on any atom is -0.373 e. The van der Waals surface area contributed by atoms with Crippen LogP contribution in [0.5, 0.6) is 0 Å². The first-order valence-corrected chi connectivity index (χ1v) is 8.25. The molecule has 0 N–H and O–H groups in total. The zero-order valence-corrected chi connectivity index (χ0v) is 13.9. The molecule has 3 rings (SSSR count). The minimum atomic E-state index is -0.165. The third-order valence-electron chi connectivity index (χ3n) is 4.41. The van der Waals surface area contributed by atoms with Crippen LogP contribution in [0.25, 0.3) is 0 Å². The summed E-state index contributed by atoms with van der Waals surface area (Å²) >= 11 is 0. The highest BCUT2D eigenvalue weighted by Gasteiger charge is 2.24. The van der Waals surface area contributed by atoms with E-state index < -0.39 is 0 Å². The molecule has 1 fully saturated rings. The van der Waals surface area contributed by atoms with Gasteiger partial charge < -0.3 is 14.2 Å². The predicted octanol–water partition coefficient (Wildman–Crippen LogP) is 2.21. The van der Waals surface area contributed by atoms with Gasteiger partial charge in [-0.15, -0.1) is 0 Å². The van der Waals surface area contributed by atoms with Gasteiger partial charge >= 0.3 is 0 Å². The lowest BCUT2D eigenvalue weighted by Crippen LogP contribution is -2.41. The average Bonchev–Trinajstić information content (AvgIpc) is 2.63. The van der Waals surface area contributed by atoms with Crippen LogP contribution < -0.4 is 5.56 Å². The molecule has 1 saturated heterocycles. The maximum absolute atomic E-state index is 12.5. The third kappa shape index (κ3) is 3.92. The van der Waals surface area contributed by atoms with E-state index >= 15 is 0 Å². The Hall–Kier alpha value is -2.40. The first kappa shape index (κ1) is 16.5. The second-order valence-corrected chi connectivity index (χ2v) is 6.15. The summed E-state index contributed by atoms with van der Waals surface area (Å²) in [7, 11) is 1.67. The van der Waals surface area contributed by atoms with E-state index in [1.165, 1.54) is 10.6 Å². The molecular weight excluding hydrogens is 304 g/mol. The second kappa shape index (κ2) is 7.45. The first-order chi connectivity index (χ1) is 11.6. The van der Waals surface area contributed by atoms with Crippen molar-refractivity contribution in [3.8, 4) is 0 Å². The fourth-order valence-corrected chi connectivity index (χ4v) is 2.88. The van der Waals surface area contributed by atoms with E-state index in [-0.39, 0.29) is 17.6 Å². The average molecular weight is 326 g/mol. The molecule has 0 bridgehead atoms. The number of carbonyl (C=O) groups is 1. The van der Waals surface area contributed by atoms with E-state index in [0.29, 0.717) is 25.3 Å². The lowest BCUT2D eigenvalue weighted by Gasteiger charge is -2.32. The number of aryl methyl sites for hydroxylation is 1. The van der Waals surface area contributed by atoms with Gasteiger partial charge in [-0.05, 0) is 24.5 Å². The van der Waals surface area contributed by atoms with Crippen molar-refractivity contribution < 1.29 is 9.53 Å². The largest absolute Gasteiger partial charge is 0.373 e. The molecule has 1 aliphatic heterocycles. The maximum atomic E-state index is 12.5. The number of hydrogen-bond donors (Lipinski definition) is 0. The molecule has 0 unspecified atom stereocenters. The molecule has 0 radical (unpaired) electrons. The third-order valence-corrected chi connectivity index (χ3v) is 4.41. The Balaban J connectivity index is 1.52. The van der Waals surface area contributed by atoms with Crippen LogP contribution in [0.2, 0.25) is 0 Å². The molecule has 2 heterocycles. The molecule has 24 heavy (non-hydrogen) atoms. The van der Waals surface area contributed by atoms with Crippen molar-refractivity contribution in [1.29, 1.82) is 0 Å². The summed E-state index contributed by atoms with van der Waals surface area (Å²) in [4.78, 5) is 26.0. The standard InChI is InChI=1S/C19H22N2O3/c1-20-10-7-16(13-18(20)22)19(23)21-11-8-17(9-12-21)24-14-15-5-3-2-4-6-15/h2-7,10,13,17H,8-9,11-12,14H2,1H3. The summed E-state index contributed by atoms with van der Waals surface area (Å²) in [6, 6.07) is 13.2. The second-order valence-electron chi connectivity index (χ2n) is 6.15. The van der Waals surface area contributed by atoms with Crippen molar-refractivity contribution in [1.82, 2.24) is 9.47 Å². The van der Waals surface area contributed by atoms with Gasteiger partial charge in [0.1, 0.15) is 0 Å². The lowest BCUT2D eigenvalue weighted by molar-refractivity contribution is -0.000386. The smallest absolute Gasteiger partial charge is 0.254 e. The van der Waals surface area contributed by atoms with Crippen LogP contribution >= 0.6 is 0 Å². The Kier molecular flexibility index (Phi) is 5.11. The Labute approximate surface area is 141 Å². The van der Waals surface area contributed by atoms with E-state index in [1.807, 2.05) is 18.2 Å². The van der Waals surface area contributed by atoms with E-state index in [2.05, 4.69) is 12.1 Å². The number of nitrogens with zero attached hydrogens (tertiary/aromatic N) is 2. The molecule has 0 saturated carbocycles. The zero-order chi connectivity index (χ0) is 16.9. The number of hydrogen-bond acceptors (Lipinski definition) is 3. The van der Waals surface area contributed by atoms with E-state index in [4.69, 9.17) is 4.74 Å². The topological polar surface area (TPSA) is 51.5 Å². The van der Waals surface area contributed by atoms with Crippen molar-refractivity contribution in [3.63, 3.8) is 0 Å². The highest BCUT2D eigenvalue weighted by molar-refractivity contribution is 5.94. The van der Waals surface area contributed by atoms with Gasteiger partial charge in [0, 0.05) is 38.0 Å². The van der Waals surface area contributed by atoms with Crippen molar-refractivity contribution in [2.24, 2.45) is 7.05 Å². The summed E-state index contributed by atoms with van der Waals surface area (Å²) in [6.45, 7) is 1.93. The van der Waals surface area contributed by atoms with Gasteiger partial charge in [0.15, 0.2) is 0 Å². The molecule has 0 spiro atoms. The van der Waals surface area contributed by atoms with Crippen LogP contribution in [0, 0.1) is 0 Å². The quantitative estimate of drug-likeness (QED) is 0.865. The predicted molar refractivity (Wildman–Crippen MR) is 91.8 cm³/mol. The van der Waals surface area contributed by atoms with E-state index in [0.717, 1.165) is 18.4 Å². The van der Waals surface area contributed by atoms with Crippen molar-refractivity contribution >= 4 is 5.91 Å². The van der Waals surface area contributed by atoms with Crippen LogP contribution in [0.3, 0.4) is 0 Å². The molecule has 126 valence electrons. The molecule has 0 atom stereocenters. The Bertz CT molecular complexity index is 747. The minimum absolute atomic E-state index is 0.0748. The van der Waals surface area contributed by atoms with Crippen LogP contribution in [-0.2, 0) is 18.4 Å². The number of piperidine rings is 1. The Morgan fingerprint density at radius 1 is 1.17 bits per heavy atom. The van der Waals surface area contributed by atoms with Gasteiger partial charge in [-0.1, -0.05) is 30.3 Å². The molecule has 1 amide bonds. The van der Waals surface area contributed by atoms with Crippen molar-refractivity contribution in [2.75, 3.05) is 13.1 Å². The Morgan fingerprint density at radius 2 is 1.88 bits per heavy atom. The maximum Gasteiger partial charge on any atom is 0.254 e. The molecule has 1 aromatic heterocycles. The molecular formula is C19H22N2O3. The zero-order valence-electron chi connectivity index (χ0n) is 13.9. The van der Waals surface area contributed by atoms with E-state index in [9.17, 15) is 9.59 Å². The Morgan fingerprint density at radius 3 is 2.54 bits per heavy atom. The van der Waals surface area contributed by atoms with Gasteiger partial charge in [0.05, 0.1) is 12.7 Å². The molecule has 0 aliphatic carbocycles. The number of ether oxygens (including phenoxy) is 1. The van der Waals surface area contributed by atoms with Crippen LogP contribution in [0.4, 0.5) is 0 Å². The van der Waals surface area contributed by atoms with Gasteiger partial charge in [0.25, 0.3) is 11.5 Å². The van der Waals surface area contributed by atoms with Gasteiger partial charge in [0.2, 0.25) is 0 Å². The number of pyridine rings is 1. The SMILES string of the molecule is Cn1ccc(C(=O)N2CCC(OCc3ccccc3)CC2)cc1=O. The molecule has 5 nitrogen and oxygen atoms in total. The molecule has 1 aliphatic rings. The number of amides is 1. The van der Waals surface area contributed by atoms with Gasteiger partial charge in [-0.3, -0.25) is 9.59 Å². The normalized spacial score (nSPS) is 15.5. The van der Waals surface area contributed by atoms with Gasteiger partial charge in [-0.2, -0.15) is 0 Å². The molecule has 5 heteroatoms. The van der Waals surface area contributed by atoms with Crippen molar-refractivity contribution in [3.05, 3.63) is 70.1 Å². The van der Waals surface area contributed by atoms with Crippen LogP contribution in [0.15, 0.2) is 53.5 Å². The number of benzene rings is 1. The number of likely N-dealkylation sites (tertiary alicyclic amines) is 1. The number of rotatable bonds is 4. The number of aromatic nitrogens is 1. The molecule has 2 aromatic rings. The van der Waals surface area contributed by atoms with Crippen LogP contribution in [0.1, 0.15) is 28.8 Å². The van der Waals surface area contributed by atoms with Gasteiger partial charge in [-0.25, -0.2) is 0 Å². The lowest BCUT2D eigenvalue weighted by atomic mass is 10.1. The van der Waals surface area contributed by atoms with Crippen LogP contribution in [-0.4, -0.2) is 34.6 Å². The van der Waals surface area contributed by atoms with Crippen molar-refractivity contribution in [2.45, 2.75) is 25.6 Å². The fourth-order valence-electron chi connectivity index (χ4n) is 2.88. The summed E-state index contributed by atoms with van der Waals surface area (Å²) in [5.74, 6) is -0.0748.